The van der Waals surface area contributed by atoms with Gasteiger partial charge < -0.3 is 10.1 Å². The normalized spacial score (nSPS) is 11.1. The summed E-state index contributed by atoms with van der Waals surface area (Å²) in [6, 6.07) is 13.7. The van der Waals surface area contributed by atoms with E-state index < -0.39 is 10.0 Å². The Morgan fingerprint density at radius 1 is 1.12 bits per heavy atom. The largest absolute Gasteiger partial charge is 0.497 e. The molecule has 2 rings (SSSR count). The molecule has 2 aromatic rings. The highest BCUT2D eigenvalue weighted by molar-refractivity contribution is 7.89. The Morgan fingerprint density at radius 3 is 2.46 bits per heavy atom. The summed E-state index contributed by atoms with van der Waals surface area (Å²) < 4.78 is 27.5. The van der Waals surface area contributed by atoms with E-state index in [9.17, 15) is 13.2 Å². The van der Waals surface area contributed by atoms with Crippen molar-refractivity contribution >= 4 is 15.9 Å². The number of aryl methyl sites for hydroxylation is 1. The highest BCUT2D eigenvalue weighted by Crippen LogP contribution is 2.14. The van der Waals surface area contributed by atoms with Crippen LogP contribution in [0.3, 0.4) is 0 Å². The fourth-order valence-electron chi connectivity index (χ4n) is 2.17. The second kappa shape index (κ2) is 7.94. The van der Waals surface area contributed by atoms with Gasteiger partial charge in [-0.05, 0) is 41.8 Å². The van der Waals surface area contributed by atoms with Crippen LogP contribution >= 0.6 is 0 Å². The average Bonchev–Trinajstić information content (AvgIpc) is 2.58. The molecular weight excluding hydrogens is 328 g/mol. The quantitative estimate of drug-likeness (QED) is 0.794. The highest BCUT2D eigenvalue weighted by Gasteiger charge is 2.07. The first kappa shape index (κ1) is 18.0. The molecule has 0 saturated carbocycles. The van der Waals surface area contributed by atoms with E-state index in [4.69, 9.17) is 9.88 Å². The molecule has 128 valence electrons. The first-order valence-electron chi connectivity index (χ1n) is 7.40. The van der Waals surface area contributed by atoms with E-state index in [1.807, 2.05) is 24.3 Å². The maximum atomic E-state index is 11.9. The minimum Gasteiger partial charge on any atom is -0.497 e. The van der Waals surface area contributed by atoms with Gasteiger partial charge >= 0.3 is 0 Å². The number of methoxy groups -OCH3 is 1. The van der Waals surface area contributed by atoms with Gasteiger partial charge in [-0.1, -0.05) is 24.3 Å². The minimum absolute atomic E-state index is 0.0515. The van der Waals surface area contributed by atoms with Crippen molar-refractivity contribution in [1.29, 1.82) is 0 Å². The molecule has 0 spiro atoms. The first-order valence-corrected chi connectivity index (χ1v) is 8.94. The predicted molar refractivity (Wildman–Crippen MR) is 91.0 cm³/mol. The zero-order valence-electron chi connectivity index (χ0n) is 13.4. The van der Waals surface area contributed by atoms with Gasteiger partial charge in [0.1, 0.15) is 5.75 Å². The van der Waals surface area contributed by atoms with Crippen molar-refractivity contribution in [3.8, 4) is 5.75 Å². The SMILES string of the molecule is COc1cccc(CCC(=O)NCc2ccc(S(N)(=O)=O)cc2)c1. The van der Waals surface area contributed by atoms with Crippen molar-refractivity contribution in [3.63, 3.8) is 0 Å². The van der Waals surface area contributed by atoms with Gasteiger partial charge in [0, 0.05) is 13.0 Å². The van der Waals surface area contributed by atoms with Crippen LogP contribution in [-0.4, -0.2) is 21.4 Å². The van der Waals surface area contributed by atoms with Gasteiger partial charge in [-0.25, -0.2) is 13.6 Å². The number of nitrogens with two attached hydrogens (primary N) is 1. The van der Waals surface area contributed by atoms with Gasteiger partial charge in [-0.15, -0.1) is 0 Å². The molecule has 24 heavy (non-hydrogen) atoms. The van der Waals surface area contributed by atoms with Crippen LogP contribution in [0.2, 0.25) is 0 Å². The molecule has 0 aromatic heterocycles. The van der Waals surface area contributed by atoms with E-state index in [1.165, 1.54) is 12.1 Å². The maximum Gasteiger partial charge on any atom is 0.238 e. The number of hydrogen-bond donors (Lipinski definition) is 2. The van der Waals surface area contributed by atoms with Crippen molar-refractivity contribution in [2.45, 2.75) is 24.3 Å². The lowest BCUT2D eigenvalue weighted by atomic mass is 10.1. The number of carbonyl (C=O) groups is 1. The molecular formula is C17H20N2O4S. The minimum atomic E-state index is -3.69. The standard InChI is InChI=1S/C17H20N2O4S/c1-23-15-4-2-3-13(11-15)7-10-17(20)19-12-14-5-8-16(9-6-14)24(18,21)22/h2-6,8-9,11H,7,10,12H2,1H3,(H,19,20)(H2,18,21,22). The summed E-state index contributed by atoms with van der Waals surface area (Å²) in [5.74, 6) is 0.691. The molecule has 0 bridgehead atoms. The third-order valence-electron chi connectivity index (χ3n) is 3.52. The summed E-state index contributed by atoms with van der Waals surface area (Å²) in [6.07, 6.45) is 0.982. The van der Waals surface area contributed by atoms with Gasteiger partial charge in [0.15, 0.2) is 0 Å². The fourth-order valence-corrected chi connectivity index (χ4v) is 2.69. The van der Waals surface area contributed by atoms with Crippen LogP contribution in [0.1, 0.15) is 17.5 Å². The average molecular weight is 348 g/mol. The molecule has 0 aliphatic rings. The van der Waals surface area contributed by atoms with Crippen molar-refractivity contribution in [3.05, 3.63) is 59.7 Å². The highest BCUT2D eigenvalue weighted by atomic mass is 32.2. The first-order chi connectivity index (χ1) is 11.4. The Morgan fingerprint density at radius 2 is 1.83 bits per heavy atom. The summed E-state index contributed by atoms with van der Waals surface area (Å²) in [4.78, 5) is 12.0. The Labute approximate surface area is 141 Å². The van der Waals surface area contributed by atoms with Crippen LogP contribution in [0.25, 0.3) is 0 Å². The second-order valence-corrected chi connectivity index (χ2v) is 6.88. The Balaban J connectivity index is 1.82. The third-order valence-corrected chi connectivity index (χ3v) is 4.45. The van der Waals surface area contributed by atoms with E-state index in [0.29, 0.717) is 19.4 Å². The summed E-state index contributed by atoms with van der Waals surface area (Å²) >= 11 is 0. The smallest absolute Gasteiger partial charge is 0.238 e. The summed E-state index contributed by atoms with van der Waals surface area (Å²) in [7, 11) is -2.09. The zero-order chi connectivity index (χ0) is 17.6. The van der Waals surface area contributed by atoms with E-state index in [0.717, 1.165) is 16.9 Å². The van der Waals surface area contributed by atoms with E-state index in [1.54, 1.807) is 19.2 Å². The van der Waals surface area contributed by atoms with Crippen LogP contribution in [0.15, 0.2) is 53.4 Å². The number of ether oxygens (including phenoxy) is 1. The Bertz CT molecular complexity index is 802. The van der Waals surface area contributed by atoms with Crippen LogP contribution in [0.5, 0.6) is 5.75 Å². The molecule has 0 aliphatic heterocycles. The molecule has 7 heteroatoms. The van der Waals surface area contributed by atoms with Gasteiger partial charge in [0.2, 0.25) is 15.9 Å². The number of rotatable bonds is 7. The predicted octanol–water partition coefficient (Wildman–Crippen LogP) is 1.59. The number of carbonyl (C=O) groups excluding carboxylic acids is 1. The number of amides is 1. The van der Waals surface area contributed by atoms with E-state index >= 15 is 0 Å². The molecule has 6 nitrogen and oxygen atoms in total. The second-order valence-electron chi connectivity index (χ2n) is 5.32. The molecule has 0 saturated heterocycles. The maximum absolute atomic E-state index is 11.9. The molecule has 3 N–H and O–H groups in total. The zero-order valence-corrected chi connectivity index (χ0v) is 14.2. The number of sulfonamides is 1. The molecule has 0 aliphatic carbocycles. The van der Waals surface area contributed by atoms with Gasteiger partial charge in [-0.2, -0.15) is 0 Å². The number of hydrogen-bond acceptors (Lipinski definition) is 4. The van der Waals surface area contributed by atoms with Crippen molar-refractivity contribution < 1.29 is 17.9 Å². The van der Waals surface area contributed by atoms with Gasteiger partial charge in [-0.3, -0.25) is 4.79 Å². The number of benzene rings is 2. The van der Waals surface area contributed by atoms with Crippen LogP contribution < -0.4 is 15.2 Å². The monoisotopic (exact) mass is 348 g/mol. The van der Waals surface area contributed by atoms with Crippen molar-refractivity contribution in [2.24, 2.45) is 5.14 Å². The van der Waals surface area contributed by atoms with Gasteiger partial charge in [0.25, 0.3) is 0 Å². The van der Waals surface area contributed by atoms with E-state index in [-0.39, 0.29) is 10.8 Å². The van der Waals surface area contributed by atoms with Crippen LogP contribution in [0.4, 0.5) is 0 Å². The van der Waals surface area contributed by atoms with E-state index in [2.05, 4.69) is 5.32 Å². The lowest BCUT2D eigenvalue weighted by molar-refractivity contribution is -0.121. The topological polar surface area (TPSA) is 98.5 Å². The molecule has 2 aromatic carbocycles. The lowest BCUT2D eigenvalue weighted by Gasteiger charge is -2.07. The third kappa shape index (κ3) is 5.36. The molecule has 1 amide bonds. The lowest BCUT2D eigenvalue weighted by Crippen LogP contribution is -2.23. The molecule has 0 atom stereocenters. The van der Waals surface area contributed by atoms with Crippen molar-refractivity contribution in [1.82, 2.24) is 5.32 Å². The molecule has 0 fully saturated rings. The van der Waals surface area contributed by atoms with Crippen LogP contribution in [0, 0.1) is 0 Å². The summed E-state index contributed by atoms with van der Waals surface area (Å²) in [5.41, 5.74) is 1.83. The Kier molecular flexibility index (Phi) is 5.94. The molecule has 0 heterocycles. The number of primary sulfonamides is 1. The summed E-state index contributed by atoms with van der Waals surface area (Å²) in [6.45, 7) is 0.335. The molecule has 0 unspecified atom stereocenters. The van der Waals surface area contributed by atoms with Crippen molar-refractivity contribution in [2.75, 3.05) is 7.11 Å². The summed E-state index contributed by atoms with van der Waals surface area (Å²) in [5, 5.41) is 7.84. The number of nitrogens with one attached hydrogen (secondary N) is 1. The van der Waals surface area contributed by atoms with Gasteiger partial charge in [0.05, 0.1) is 12.0 Å². The fraction of sp³-hybridized carbons (Fsp3) is 0.235. The van der Waals surface area contributed by atoms with Crippen LogP contribution in [-0.2, 0) is 27.8 Å². The molecule has 0 radical (unpaired) electrons. The Hall–Kier alpha value is -2.38.